The van der Waals surface area contributed by atoms with Crippen LogP contribution in [-0.4, -0.2) is 25.3 Å². The zero-order valence-electron chi connectivity index (χ0n) is 45.2. The van der Waals surface area contributed by atoms with Crippen molar-refractivity contribution < 1.29 is 0 Å². The molecule has 2 nitrogen and oxygen atoms in total. The molecule has 15 aromatic rings. The Bertz CT molecular complexity index is 4670. The van der Waals surface area contributed by atoms with Gasteiger partial charge in [0.1, 0.15) is 0 Å². The van der Waals surface area contributed by atoms with Crippen molar-refractivity contribution in [2.75, 3.05) is 0 Å². The van der Waals surface area contributed by atoms with Crippen LogP contribution in [0.1, 0.15) is 0 Å². The van der Waals surface area contributed by atoms with E-state index in [9.17, 15) is 0 Å². The van der Waals surface area contributed by atoms with Crippen LogP contribution in [0, 0.1) is 0 Å². The molecule has 0 amide bonds. The van der Waals surface area contributed by atoms with E-state index in [0.717, 1.165) is 11.4 Å². The quantitative estimate of drug-likeness (QED) is 0.0852. The predicted molar refractivity (Wildman–Crippen MR) is 353 cm³/mol. The minimum Gasteiger partial charge on any atom is -0.309 e. The van der Waals surface area contributed by atoms with Crippen LogP contribution in [0.15, 0.2) is 340 Å². The number of aromatic nitrogens is 2. The lowest BCUT2D eigenvalue weighted by Crippen LogP contribution is -2.74. The topological polar surface area (TPSA) is 9.86 Å². The van der Waals surface area contributed by atoms with E-state index in [2.05, 4.69) is 349 Å². The van der Waals surface area contributed by atoms with E-state index in [4.69, 9.17) is 0 Å². The van der Waals surface area contributed by atoms with Gasteiger partial charge in [-0.3, -0.25) is 0 Å². The summed E-state index contributed by atoms with van der Waals surface area (Å²) >= 11 is 0. The van der Waals surface area contributed by atoms with Gasteiger partial charge in [0.25, 0.3) is 0 Å². The van der Waals surface area contributed by atoms with Gasteiger partial charge in [0.15, 0.2) is 16.1 Å². The zero-order chi connectivity index (χ0) is 54.5. The minimum atomic E-state index is -3.02. The smallest absolute Gasteiger partial charge is 0.180 e. The SMILES string of the molecule is c1ccc(-c2ccc([Si](c3ccccc3)(c3ccccc3)c3cccc(-n4c5ccccc5c5cc(-n6c7ccccc7c7c([Si](c8ccccc8)(c8ccccc8)c8ccc(-c9ccccc9)cc8)cccc76)ccc54)c3)cc2)cc1. The van der Waals surface area contributed by atoms with E-state index in [1.54, 1.807) is 0 Å². The van der Waals surface area contributed by atoms with Crippen LogP contribution < -0.4 is 41.5 Å². The van der Waals surface area contributed by atoms with E-state index in [-0.39, 0.29) is 0 Å². The second-order valence-corrected chi connectivity index (χ2v) is 29.1. The van der Waals surface area contributed by atoms with E-state index in [0.29, 0.717) is 0 Å². The van der Waals surface area contributed by atoms with Crippen LogP contribution in [-0.2, 0) is 0 Å². The van der Waals surface area contributed by atoms with Crippen molar-refractivity contribution in [3.05, 3.63) is 340 Å². The third kappa shape index (κ3) is 7.90. The predicted octanol–water partition coefficient (Wildman–Crippen LogP) is 14.0. The van der Waals surface area contributed by atoms with Gasteiger partial charge in [0.2, 0.25) is 0 Å². The summed E-state index contributed by atoms with van der Waals surface area (Å²) in [5.74, 6) is 0. The first-order valence-corrected chi connectivity index (χ1v) is 32.4. The van der Waals surface area contributed by atoms with Gasteiger partial charge in [-0.05, 0) is 112 Å². The number of para-hydroxylation sites is 2. The second-order valence-electron chi connectivity index (χ2n) is 21.5. The lowest BCUT2D eigenvalue weighted by atomic mass is 10.1. The molecule has 0 radical (unpaired) electrons. The van der Waals surface area contributed by atoms with Crippen LogP contribution in [0.2, 0.25) is 0 Å². The molecule has 2 aromatic heterocycles. The summed E-state index contributed by atoms with van der Waals surface area (Å²) in [6, 6.07) is 127. The van der Waals surface area contributed by atoms with Gasteiger partial charge in [-0.1, -0.05) is 291 Å². The van der Waals surface area contributed by atoms with Gasteiger partial charge < -0.3 is 9.13 Å². The van der Waals surface area contributed by atoms with Crippen LogP contribution in [0.25, 0.3) is 77.2 Å². The largest absolute Gasteiger partial charge is 0.309 e. The normalized spacial score (nSPS) is 11.9. The van der Waals surface area contributed by atoms with Crippen LogP contribution >= 0.6 is 0 Å². The third-order valence-electron chi connectivity index (χ3n) is 17.2. The Morgan fingerprint density at radius 3 is 1.09 bits per heavy atom. The van der Waals surface area contributed by atoms with Crippen molar-refractivity contribution in [1.82, 2.24) is 9.13 Å². The number of hydrogen-bond donors (Lipinski definition) is 0. The van der Waals surface area contributed by atoms with Crippen molar-refractivity contribution >= 4 is 101 Å². The second kappa shape index (κ2) is 20.5. The summed E-state index contributed by atoms with van der Waals surface area (Å²) in [6.07, 6.45) is 0. The van der Waals surface area contributed by atoms with Crippen molar-refractivity contribution in [3.63, 3.8) is 0 Å². The van der Waals surface area contributed by atoms with Crippen LogP contribution in [0.5, 0.6) is 0 Å². The van der Waals surface area contributed by atoms with Crippen molar-refractivity contribution in [1.29, 1.82) is 0 Å². The van der Waals surface area contributed by atoms with Gasteiger partial charge in [-0.2, -0.15) is 0 Å². The molecule has 0 aliphatic heterocycles. The van der Waals surface area contributed by atoms with Gasteiger partial charge in [-0.15, -0.1) is 0 Å². The average Bonchev–Trinajstić information content (AvgIpc) is 2.90. The molecule has 0 aliphatic carbocycles. The average molecular weight is 1080 g/mol. The van der Waals surface area contributed by atoms with Gasteiger partial charge >= 0.3 is 0 Å². The fourth-order valence-electron chi connectivity index (χ4n) is 13.7. The molecule has 0 saturated heterocycles. The van der Waals surface area contributed by atoms with Crippen molar-refractivity contribution in [2.24, 2.45) is 0 Å². The highest BCUT2D eigenvalue weighted by molar-refractivity contribution is 7.21. The Morgan fingerprint density at radius 1 is 0.195 bits per heavy atom. The first kappa shape index (κ1) is 49.0. The van der Waals surface area contributed by atoms with Crippen molar-refractivity contribution in [3.8, 4) is 33.6 Å². The summed E-state index contributed by atoms with van der Waals surface area (Å²) < 4.78 is 5.02. The molecule has 0 atom stereocenters. The van der Waals surface area contributed by atoms with E-state index in [1.165, 1.54) is 107 Å². The number of rotatable bonds is 12. The maximum absolute atomic E-state index is 3.02. The molecule has 0 saturated carbocycles. The highest BCUT2D eigenvalue weighted by Crippen LogP contribution is 2.37. The minimum absolute atomic E-state index is 1.13. The fraction of sp³-hybridized carbons (Fsp3) is 0. The molecule has 0 unspecified atom stereocenters. The zero-order valence-corrected chi connectivity index (χ0v) is 47.2. The Morgan fingerprint density at radius 2 is 0.549 bits per heavy atom. The first-order chi connectivity index (χ1) is 40.7. The van der Waals surface area contributed by atoms with E-state index < -0.39 is 16.1 Å². The maximum Gasteiger partial charge on any atom is 0.180 e. The van der Waals surface area contributed by atoms with Crippen molar-refractivity contribution in [2.45, 2.75) is 0 Å². The Hall–Kier alpha value is -10.1. The summed E-state index contributed by atoms with van der Waals surface area (Å²) in [4.78, 5) is 0. The molecule has 13 aromatic carbocycles. The number of fused-ring (bicyclic) bond motifs is 6. The van der Waals surface area contributed by atoms with Crippen LogP contribution in [0.3, 0.4) is 0 Å². The molecule has 82 heavy (non-hydrogen) atoms. The number of nitrogens with zero attached hydrogens (tertiary/aromatic N) is 2. The lowest BCUT2D eigenvalue weighted by molar-refractivity contribution is 1.17. The monoisotopic (exact) mass is 1080 g/mol. The molecule has 4 heteroatoms. The standard InChI is InChI=1S/C78H56N2Si2/c1-7-25-57(26-8-1)59-45-50-67(51-46-59)81(63-30-11-3-12-31-63,64-32-13-4-14-33-64)69-38-23-29-61(55-69)79-73-41-21-19-39-70(73)72-56-62(49-54-75(72)79)80-74-42-22-20-40-71(74)78-76(80)43-24-44-77(78)82(65-34-15-5-16-35-65,66-36-17-6-18-37-66)68-52-47-60(48-53-68)58-27-9-2-10-28-58/h1-56H. The van der Waals surface area contributed by atoms with E-state index in [1.807, 2.05) is 0 Å². The van der Waals surface area contributed by atoms with Gasteiger partial charge in [0.05, 0.1) is 22.1 Å². The summed E-state index contributed by atoms with van der Waals surface area (Å²) in [5, 5.41) is 15.8. The highest BCUT2D eigenvalue weighted by atomic mass is 28.3. The fourth-order valence-corrected chi connectivity index (χ4v) is 23.4. The van der Waals surface area contributed by atoms with Gasteiger partial charge in [-0.25, -0.2) is 0 Å². The number of hydrogen-bond acceptors (Lipinski definition) is 0. The molecule has 0 fully saturated rings. The molecular formula is C78H56N2Si2. The molecule has 0 aliphatic rings. The molecule has 15 rings (SSSR count). The maximum atomic E-state index is 2.52. The van der Waals surface area contributed by atoms with E-state index >= 15 is 0 Å². The Kier molecular flexibility index (Phi) is 12.3. The molecule has 386 valence electrons. The highest BCUT2D eigenvalue weighted by Gasteiger charge is 2.44. The molecule has 2 heterocycles. The first-order valence-electron chi connectivity index (χ1n) is 28.4. The summed E-state index contributed by atoms with van der Waals surface area (Å²) in [7, 11) is -5.94. The molecular weight excluding hydrogens is 1020 g/mol. The van der Waals surface area contributed by atoms with Crippen LogP contribution in [0.4, 0.5) is 0 Å². The van der Waals surface area contributed by atoms with Gasteiger partial charge in [0, 0.05) is 32.9 Å². The Labute approximate surface area is 480 Å². The Balaban J connectivity index is 0.932. The summed E-state index contributed by atoms with van der Waals surface area (Å²) in [6.45, 7) is 0. The number of benzene rings is 13. The lowest BCUT2D eigenvalue weighted by Gasteiger charge is -2.35. The molecule has 0 spiro atoms. The summed E-state index contributed by atoms with van der Waals surface area (Å²) in [5.41, 5.74) is 11.9. The molecule has 0 N–H and O–H groups in total. The third-order valence-corrected chi connectivity index (χ3v) is 26.8. The molecule has 0 bridgehead atoms.